The molecule has 0 aliphatic rings. The third-order valence-electron chi connectivity index (χ3n) is 15.0. The third-order valence-corrected chi connectivity index (χ3v) is 15.0. The first-order valence-electron chi connectivity index (χ1n) is 26.1. The molecule has 0 aliphatic carbocycles. The van der Waals surface area contributed by atoms with Gasteiger partial charge in [-0.15, -0.1) is 22.1 Å². The molecule has 10 aromatic carbocycles. The van der Waals surface area contributed by atoms with Gasteiger partial charge in [-0.1, -0.05) is 206 Å². The molecule has 0 fully saturated rings. The Morgan fingerprint density at radius 2 is 0.603 bits per heavy atom. The molecule has 0 saturated carbocycles. The molecule has 4 aromatic heterocycles. The second-order valence-electron chi connectivity index (χ2n) is 20.1. The fourth-order valence-corrected chi connectivity index (χ4v) is 11.5. The van der Waals surface area contributed by atoms with Crippen LogP contribution >= 0.6 is 0 Å². The molecule has 0 bridgehead atoms. The summed E-state index contributed by atoms with van der Waals surface area (Å²) in [6.07, 6.45) is 7.24. The first-order valence-corrected chi connectivity index (χ1v) is 26.1. The van der Waals surface area contributed by atoms with Gasteiger partial charge >= 0.3 is 0 Å². The molecule has 14 rings (SSSR count). The molecule has 0 amide bonds. The van der Waals surface area contributed by atoms with Crippen molar-refractivity contribution in [1.82, 2.24) is 19.1 Å². The van der Waals surface area contributed by atoms with Crippen molar-refractivity contribution in [2.75, 3.05) is 0 Å². The van der Waals surface area contributed by atoms with Gasteiger partial charge in [0, 0.05) is 44.8 Å². The maximum absolute atomic E-state index is 4.92. The number of fused-ring (bicyclic) bond motifs is 8. The monoisotopic (exact) mass is 1380 g/mol. The van der Waals surface area contributed by atoms with E-state index in [2.05, 4.69) is 280 Å². The number of aryl methyl sites for hydroxylation is 8. The van der Waals surface area contributed by atoms with Crippen LogP contribution in [0.25, 0.3) is 99.6 Å². The zero-order valence-electron chi connectivity index (χ0n) is 44.9. The summed E-state index contributed by atoms with van der Waals surface area (Å²) < 4.78 is 8.80. The Bertz CT molecular complexity index is 3990. The van der Waals surface area contributed by atoms with Crippen molar-refractivity contribution in [3.63, 3.8) is 0 Å². The number of hydrogen-bond acceptors (Lipinski definition) is 0. The van der Waals surface area contributed by atoms with Crippen LogP contribution in [0.4, 0.5) is 0 Å². The summed E-state index contributed by atoms with van der Waals surface area (Å²) in [4.78, 5) is 9.85. The molecule has 4 heterocycles. The first-order chi connectivity index (χ1) is 37.0. The molecule has 14 aromatic rings. The molecule has 2 radical (unpaired) electrons. The second-order valence-corrected chi connectivity index (χ2v) is 20.1. The normalized spacial score (nSPS) is 11.1. The van der Waals surface area contributed by atoms with E-state index in [1.54, 1.807) is 0 Å². The Balaban J connectivity index is 0.000000131. The van der Waals surface area contributed by atoms with E-state index in [1.165, 1.54) is 111 Å². The van der Waals surface area contributed by atoms with Gasteiger partial charge in [0.15, 0.2) is 0 Å². The zero-order valence-corrected chi connectivity index (χ0v) is 49.2. The maximum atomic E-state index is 4.92. The minimum Gasteiger partial charge on any atom is -0.656 e. The van der Waals surface area contributed by atoms with Crippen molar-refractivity contribution in [1.29, 1.82) is 0 Å². The standard InChI is InChI=1S/C24H14N2.2C23H22N2.2Au/c1-3-13-21-15(7-1)17-9-5-11-19(23(17)25-21)20-12-6-10-18-16-8-2-4-14-22(16)26-24(18)20;2*1-16-9-7-10-17(2)22(16)24-15-25(21-14-6-5-13-20(21)24)23-18(3)11-8-12-19(23)4;;/h1-14H;2*5-14H,1-4H3;;/q-2;;;;. The Kier molecular flexibility index (Phi) is 15.3. The van der Waals surface area contributed by atoms with Gasteiger partial charge in [-0.25, -0.2) is 0 Å². The molecule has 0 atom stereocenters. The maximum Gasteiger partial charge on any atom is 0.269 e. The Labute approximate surface area is 487 Å². The Morgan fingerprint density at radius 1 is 0.308 bits per heavy atom. The number of imidazole rings is 2. The van der Waals surface area contributed by atoms with Crippen LogP contribution < -0.4 is 19.1 Å². The van der Waals surface area contributed by atoms with E-state index in [-0.39, 0.29) is 44.8 Å². The average molecular weight is 1380 g/mol. The van der Waals surface area contributed by atoms with E-state index in [9.17, 15) is 0 Å². The minimum atomic E-state index is 0. The molecule has 0 spiro atoms. The second kappa shape index (κ2) is 22.3. The topological polar surface area (TPSA) is 45.8 Å². The molecule has 392 valence electrons. The predicted octanol–water partition coefficient (Wildman–Crippen LogP) is 15.8. The Hall–Kier alpha value is -7.78. The summed E-state index contributed by atoms with van der Waals surface area (Å²) in [6, 6.07) is 72.3. The summed E-state index contributed by atoms with van der Waals surface area (Å²) in [5.74, 6) is 0. The van der Waals surface area contributed by atoms with Gasteiger partial charge in [0.2, 0.25) is 0 Å². The van der Waals surface area contributed by atoms with Crippen LogP contribution in [0.15, 0.2) is 206 Å². The molecule has 6 nitrogen and oxygen atoms in total. The summed E-state index contributed by atoms with van der Waals surface area (Å²) in [7, 11) is 0. The van der Waals surface area contributed by atoms with Gasteiger partial charge in [-0.3, -0.25) is 18.3 Å². The van der Waals surface area contributed by atoms with Crippen molar-refractivity contribution in [3.05, 3.63) is 263 Å². The van der Waals surface area contributed by atoms with Crippen molar-refractivity contribution in [2.24, 2.45) is 0 Å². The quantitative estimate of drug-likeness (QED) is 0.0979. The van der Waals surface area contributed by atoms with Crippen molar-refractivity contribution in [3.8, 4) is 33.9 Å². The molecule has 0 N–H and O–H groups in total. The van der Waals surface area contributed by atoms with E-state index in [1.807, 2.05) is 12.1 Å². The van der Waals surface area contributed by atoms with Gasteiger partial charge in [0.1, 0.15) is 0 Å². The molecule has 0 saturated heterocycles. The van der Waals surface area contributed by atoms with Gasteiger partial charge in [0.05, 0.1) is 44.8 Å². The van der Waals surface area contributed by atoms with E-state index < -0.39 is 0 Å². The van der Waals surface area contributed by atoms with Crippen molar-refractivity contribution >= 4 is 65.7 Å². The number of rotatable bonds is 5. The van der Waals surface area contributed by atoms with Crippen molar-refractivity contribution in [2.45, 2.75) is 55.4 Å². The molecule has 78 heavy (non-hydrogen) atoms. The first kappa shape index (κ1) is 53.6. The molecule has 0 unspecified atom stereocenters. The fraction of sp³-hybridized carbons (Fsp3) is 0.114. The molecule has 0 aliphatic heterocycles. The van der Waals surface area contributed by atoms with E-state index in [4.69, 9.17) is 9.97 Å². The van der Waals surface area contributed by atoms with Crippen LogP contribution in [0.1, 0.15) is 44.5 Å². The van der Waals surface area contributed by atoms with Crippen LogP contribution in [0.3, 0.4) is 0 Å². The zero-order chi connectivity index (χ0) is 52.2. The minimum absolute atomic E-state index is 0. The van der Waals surface area contributed by atoms with Gasteiger partial charge in [-0.05, 0) is 133 Å². The van der Waals surface area contributed by atoms with Crippen LogP contribution in [-0.4, -0.2) is 9.13 Å². The number of hydrogen-bond donors (Lipinski definition) is 0. The van der Waals surface area contributed by atoms with Crippen LogP contribution in [0, 0.1) is 68.0 Å². The third kappa shape index (κ3) is 9.49. The number of nitrogens with zero attached hydrogens (tertiary/aromatic N) is 6. The van der Waals surface area contributed by atoms with Gasteiger partial charge < -0.3 is 9.97 Å². The summed E-state index contributed by atoms with van der Waals surface area (Å²) in [6.45, 7) is 17.3. The smallest absolute Gasteiger partial charge is 0.269 e. The van der Waals surface area contributed by atoms with E-state index in [0.717, 1.165) is 33.2 Å². The molecular formula is C70H58Au2N6-2. The largest absolute Gasteiger partial charge is 0.656 e. The molecular weight excluding hydrogens is 1320 g/mol. The SMILES string of the molecule is Cc1cccc(C)c1-n1[c-][n+](-c2c(C)cccc2C)c2ccccc21.Cc1cccc(C)c1-n1[c-][n+](-c2c(C)cccc2C)c2ccccc21.[Au].[Au].c1ccc2c(c1)[n-]c1c(-c3cccc4c3[n-]c3ccccc34)cccc12. The summed E-state index contributed by atoms with van der Waals surface area (Å²) in [5.41, 5.74) is 26.0. The van der Waals surface area contributed by atoms with Gasteiger partial charge in [-0.2, -0.15) is 0 Å². The summed E-state index contributed by atoms with van der Waals surface area (Å²) >= 11 is 0. The van der Waals surface area contributed by atoms with Crippen molar-refractivity contribution < 1.29 is 53.9 Å². The van der Waals surface area contributed by atoms with Gasteiger partial charge in [0.25, 0.3) is 12.7 Å². The summed E-state index contributed by atoms with van der Waals surface area (Å²) in [5, 5.41) is 4.81. The predicted molar refractivity (Wildman–Crippen MR) is 314 cm³/mol. The van der Waals surface area contributed by atoms with Crippen LogP contribution in [-0.2, 0) is 44.8 Å². The van der Waals surface area contributed by atoms with Crippen LogP contribution in [0.2, 0.25) is 0 Å². The van der Waals surface area contributed by atoms with E-state index >= 15 is 0 Å². The number of aromatic nitrogens is 6. The van der Waals surface area contributed by atoms with E-state index in [0.29, 0.717) is 0 Å². The number of benzene rings is 10. The molecule has 8 heteroatoms. The number of para-hydroxylation sites is 12. The fourth-order valence-electron chi connectivity index (χ4n) is 11.5. The average Bonchev–Trinajstić information content (AvgIpc) is 4.39. The van der Waals surface area contributed by atoms with Crippen LogP contribution in [0.5, 0.6) is 0 Å². The Morgan fingerprint density at radius 3 is 0.974 bits per heavy atom.